The number of carboxylic acid groups (broad SMARTS) is 1. The number of aromatic nitrogens is 3. The number of anilines is 2. The molecule has 1 atom stereocenters. The molecule has 10 nitrogen and oxygen atoms in total. The van der Waals surface area contributed by atoms with Gasteiger partial charge in [-0.1, -0.05) is 35.9 Å². The fourth-order valence-electron chi connectivity index (χ4n) is 5.00. The molecule has 0 radical (unpaired) electrons. The van der Waals surface area contributed by atoms with Crippen LogP contribution in [0, 0.1) is 6.92 Å². The highest BCUT2D eigenvalue weighted by Crippen LogP contribution is 2.30. The van der Waals surface area contributed by atoms with Gasteiger partial charge in [0.15, 0.2) is 5.15 Å². The summed E-state index contributed by atoms with van der Waals surface area (Å²) in [5.74, 6) is -0.640. The second-order valence-electron chi connectivity index (χ2n) is 9.88. The highest BCUT2D eigenvalue weighted by molar-refractivity contribution is 6.32. The Balaban J connectivity index is 1.44. The van der Waals surface area contributed by atoms with Crippen molar-refractivity contribution >= 4 is 46.0 Å². The third-order valence-electron chi connectivity index (χ3n) is 7.11. The van der Waals surface area contributed by atoms with Crippen molar-refractivity contribution in [1.82, 2.24) is 19.4 Å². The van der Waals surface area contributed by atoms with Crippen molar-refractivity contribution in [1.29, 1.82) is 0 Å². The number of carbonyl (C=O) groups is 2. The number of halogens is 1. The SMILES string of the molecule is Cc1cc(C(C)Nc2ccc(C(=O)O)nc2Cl)c2nc(N3CCN(C(=O)c4ccccc4)CC3)n(C)c(=O)c2c1. The standard InChI is InChI=1S/C29H29ClN6O4/c1-17-15-20(18(2)31-22-9-10-23(28(39)40)32-25(22)30)24-21(16-17)27(38)34(3)29(33-24)36-13-11-35(12-14-36)26(37)19-7-5-4-6-8-19/h4-10,15-16,18,31H,11-14H2,1-3H3,(H,39,40). The summed E-state index contributed by atoms with van der Waals surface area (Å²) in [6.07, 6.45) is 0. The van der Waals surface area contributed by atoms with Crippen molar-refractivity contribution in [3.05, 3.63) is 92.5 Å². The first-order valence-electron chi connectivity index (χ1n) is 12.9. The zero-order valence-corrected chi connectivity index (χ0v) is 23.1. The van der Waals surface area contributed by atoms with E-state index in [1.807, 2.05) is 66.1 Å². The van der Waals surface area contributed by atoms with E-state index >= 15 is 0 Å². The van der Waals surface area contributed by atoms with Crippen LogP contribution in [0.15, 0.2) is 59.4 Å². The lowest BCUT2D eigenvalue weighted by Crippen LogP contribution is -2.50. The molecule has 1 aliphatic rings. The summed E-state index contributed by atoms with van der Waals surface area (Å²) < 4.78 is 1.56. The van der Waals surface area contributed by atoms with Crippen molar-refractivity contribution in [2.75, 3.05) is 36.4 Å². The van der Waals surface area contributed by atoms with E-state index in [1.54, 1.807) is 17.7 Å². The van der Waals surface area contributed by atoms with E-state index in [4.69, 9.17) is 16.6 Å². The van der Waals surface area contributed by atoms with Gasteiger partial charge < -0.3 is 20.2 Å². The van der Waals surface area contributed by atoms with E-state index < -0.39 is 5.97 Å². The number of rotatable bonds is 6. The van der Waals surface area contributed by atoms with Gasteiger partial charge in [-0.3, -0.25) is 14.2 Å². The molecule has 2 aromatic heterocycles. The summed E-state index contributed by atoms with van der Waals surface area (Å²) in [6, 6.07) is 15.6. The van der Waals surface area contributed by atoms with Crippen LogP contribution in [0.4, 0.5) is 11.6 Å². The minimum Gasteiger partial charge on any atom is -0.477 e. The second-order valence-corrected chi connectivity index (χ2v) is 10.2. The number of piperazine rings is 1. The van der Waals surface area contributed by atoms with Crippen molar-refractivity contribution < 1.29 is 14.7 Å². The van der Waals surface area contributed by atoms with Gasteiger partial charge in [-0.25, -0.2) is 14.8 Å². The Hall–Kier alpha value is -4.44. The Bertz CT molecular complexity index is 1670. The van der Waals surface area contributed by atoms with Crippen LogP contribution in [-0.4, -0.2) is 62.6 Å². The number of hydrogen-bond acceptors (Lipinski definition) is 7. The molecule has 4 aromatic rings. The van der Waals surface area contributed by atoms with Crippen LogP contribution in [0.2, 0.25) is 5.15 Å². The normalized spacial score (nSPS) is 14.3. The zero-order chi connectivity index (χ0) is 28.6. The lowest BCUT2D eigenvalue weighted by atomic mass is 10.0. The van der Waals surface area contributed by atoms with Crippen LogP contribution in [0.3, 0.4) is 0 Å². The van der Waals surface area contributed by atoms with Gasteiger partial charge in [-0.15, -0.1) is 0 Å². The molecule has 2 aromatic carbocycles. The summed E-state index contributed by atoms with van der Waals surface area (Å²) in [4.78, 5) is 50.4. The van der Waals surface area contributed by atoms with Gasteiger partial charge in [0.25, 0.3) is 11.5 Å². The summed E-state index contributed by atoms with van der Waals surface area (Å²) in [5.41, 5.74) is 3.08. The monoisotopic (exact) mass is 560 g/mol. The molecule has 0 bridgehead atoms. The fourth-order valence-corrected chi connectivity index (χ4v) is 5.21. The predicted molar refractivity (Wildman–Crippen MR) is 155 cm³/mol. The average molecular weight is 561 g/mol. The first kappa shape index (κ1) is 27.1. The number of aromatic carboxylic acids is 1. The number of benzene rings is 2. The second kappa shape index (κ2) is 11.0. The number of carbonyl (C=O) groups excluding carboxylic acids is 1. The van der Waals surface area contributed by atoms with Crippen LogP contribution in [0.1, 0.15) is 44.9 Å². The Morgan fingerprint density at radius 3 is 2.38 bits per heavy atom. The summed E-state index contributed by atoms with van der Waals surface area (Å²) in [7, 11) is 1.71. The van der Waals surface area contributed by atoms with Crippen molar-refractivity contribution in [3.63, 3.8) is 0 Å². The molecule has 0 spiro atoms. The van der Waals surface area contributed by atoms with Crippen LogP contribution < -0.4 is 15.8 Å². The number of fused-ring (bicyclic) bond motifs is 1. The molecule has 3 heterocycles. The third-order valence-corrected chi connectivity index (χ3v) is 7.40. The molecule has 0 saturated carbocycles. The van der Waals surface area contributed by atoms with Gasteiger partial charge in [-0.05, 0) is 49.7 Å². The summed E-state index contributed by atoms with van der Waals surface area (Å²) >= 11 is 6.26. The maximum atomic E-state index is 13.5. The molecule has 1 unspecified atom stereocenters. The molecule has 1 aliphatic heterocycles. The van der Waals surface area contributed by atoms with E-state index in [0.717, 1.165) is 11.1 Å². The van der Waals surface area contributed by atoms with Gasteiger partial charge in [-0.2, -0.15) is 0 Å². The number of nitrogens with zero attached hydrogens (tertiary/aromatic N) is 5. The third kappa shape index (κ3) is 5.22. The quantitative estimate of drug-likeness (QED) is 0.338. The molecule has 1 saturated heterocycles. The van der Waals surface area contributed by atoms with E-state index in [-0.39, 0.29) is 28.4 Å². The van der Waals surface area contributed by atoms with E-state index in [9.17, 15) is 19.5 Å². The van der Waals surface area contributed by atoms with Gasteiger partial charge in [0, 0.05) is 44.4 Å². The molecular formula is C29H29ClN6O4. The average Bonchev–Trinajstić information content (AvgIpc) is 2.96. The van der Waals surface area contributed by atoms with Gasteiger partial charge in [0.1, 0.15) is 5.69 Å². The van der Waals surface area contributed by atoms with Crippen LogP contribution in [0.5, 0.6) is 0 Å². The Labute approximate surface area is 235 Å². The van der Waals surface area contributed by atoms with E-state index in [0.29, 0.717) is 54.3 Å². The number of carboxylic acids is 1. The molecule has 206 valence electrons. The lowest BCUT2D eigenvalue weighted by molar-refractivity contribution is 0.0689. The Kier molecular flexibility index (Phi) is 7.44. The molecule has 1 amide bonds. The van der Waals surface area contributed by atoms with Crippen molar-refractivity contribution in [2.45, 2.75) is 19.9 Å². The number of pyridine rings is 1. The maximum Gasteiger partial charge on any atom is 0.354 e. The number of aryl methyl sites for hydroxylation is 1. The number of nitrogens with one attached hydrogen (secondary N) is 1. The Morgan fingerprint density at radius 2 is 1.73 bits per heavy atom. The molecular weight excluding hydrogens is 532 g/mol. The fraction of sp³-hybridized carbons (Fsp3) is 0.276. The summed E-state index contributed by atoms with van der Waals surface area (Å²) in [6.45, 7) is 5.94. The number of hydrogen-bond donors (Lipinski definition) is 2. The summed E-state index contributed by atoms with van der Waals surface area (Å²) in [5, 5.41) is 13.0. The van der Waals surface area contributed by atoms with Crippen molar-refractivity contribution in [2.24, 2.45) is 7.05 Å². The van der Waals surface area contributed by atoms with Crippen LogP contribution >= 0.6 is 11.6 Å². The van der Waals surface area contributed by atoms with E-state index in [1.165, 1.54) is 6.07 Å². The smallest absolute Gasteiger partial charge is 0.354 e. The molecule has 0 aliphatic carbocycles. The molecule has 11 heteroatoms. The zero-order valence-electron chi connectivity index (χ0n) is 22.4. The molecule has 5 rings (SSSR count). The first-order valence-corrected chi connectivity index (χ1v) is 13.3. The maximum absolute atomic E-state index is 13.5. The highest BCUT2D eigenvalue weighted by atomic mass is 35.5. The van der Waals surface area contributed by atoms with Crippen LogP contribution in [0.25, 0.3) is 10.9 Å². The Morgan fingerprint density at radius 1 is 1.02 bits per heavy atom. The predicted octanol–water partition coefficient (Wildman–Crippen LogP) is 4.12. The minimum atomic E-state index is -1.16. The lowest BCUT2D eigenvalue weighted by Gasteiger charge is -2.36. The molecule has 1 fully saturated rings. The number of amides is 1. The van der Waals surface area contributed by atoms with E-state index in [2.05, 4.69) is 10.3 Å². The largest absolute Gasteiger partial charge is 0.477 e. The first-order chi connectivity index (χ1) is 19.1. The minimum absolute atomic E-state index is 0.0113. The highest BCUT2D eigenvalue weighted by Gasteiger charge is 2.26. The van der Waals surface area contributed by atoms with Crippen LogP contribution in [-0.2, 0) is 7.05 Å². The van der Waals surface area contributed by atoms with Gasteiger partial charge >= 0.3 is 5.97 Å². The van der Waals surface area contributed by atoms with Crippen molar-refractivity contribution in [3.8, 4) is 0 Å². The van der Waals surface area contributed by atoms with Gasteiger partial charge in [0.2, 0.25) is 5.95 Å². The molecule has 2 N–H and O–H groups in total. The van der Waals surface area contributed by atoms with Gasteiger partial charge in [0.05, 0.1) is 22.6 Å². The topological polar surface area (TPSA) is 121 Å². The molecule has 40 heavy (non-hydrogen) atoms.